The molecule has 4 aromatic carbocycles. The summed E-state index contributed by atoms with van der Waals surface area (Å²) in [5, 5.41) is 34.7. The zero-order valence-corrected chi connectivity index (χ0v) is 48.5. The number of hydrogen-bond acceptors (Lipinski definition) is 6. The van der Waals surface area contributed by atoms with Crippen LogP contribution in [0.15, 0.2) is 122 Å². The second-order valence-electron chi connectivity index (χ2n) is 17.6. The van der Waals surface area contributed by atoms with E-state index in [2.05, 4.69) is 89.9 Å². The molecule has 0 N–H and O–H groups in total. The van der Waals surface area contributed by atoms with Crippen molar-refractivity contribution in [1.29, 1.82) is 0 Å². The number of hydrogen-bond donors (Lipinski definition) is 0. The Kier molecular flexibility index (Phi) is 36.1. The summed E-state index contributed by atoms with van der Waals surface area (Å²) in [5.74, 6) is -0.778. The molecule has 0 saturated carbocycles. The molecular formula is C62H95F2N7O6. The predicted octanol–water partition coefficient (Wildman–Crippen LogP) is 20.8. The largest absolute Gasteiger partial charge is 0.352 e. The minimum Gasteiger partial charge on any atom is -0.352 e. The van der Waals surface area contributed by atoms with Gasteiger partial charge in [0, 0.05) is 108 Å². The summed E-state index contributed by atoms with van der Waals surface area (Å²) >= 11 is 0. The van der Waals surface area contributed by atoms with Crippen LogP contribution in [0.25, 0.3) is 32.7 Å². The molecule has 0 bridgehead atoms. The predicted molar refractivity (Wildman–Crippen MR) is 325 cm³/mol. The van der Waals surface area contributed by atoms with Crippen molar-refractivity contribution >= 4 is 49.8 Å². The number of nitro groups is 3. The fourth-order valence-corrected chi connectivity index (χ4v) is 7.37. The van der Waals surface area contributed by atoms with E-state index in [0.29, 0.717) is 47.1 Å². The Labute approximate surface area is 460 Å². The van der Waals surface area contributed by atoms with Gasteiger partial charge in [0.25, 0.3) is 17.1 Å². The van der Waals surface area contributed by atoms with Crippen LogP contribution in [-0.2, 0) is 6.42 Å². The van der Waals surface area contributed by atoms with Crippen LogP contribution in [0.2, 0.25) is 0 Å². The Hall–Kier alpha value is -7.16. The Balaban J connectivity index is -0.000000861. The van der Waals surface area contributed by atoms with Crippen LogP contribution < -0.4 is 0 Å². The molecule has 0 aliphatic heterocycles. The summed E-state index contributed by atoms with van der Waals surface area (Å²) in [5.41, 5.74) is 5.85. The molecule has 0 unspecified atom stereocenters. The van der Waals surface area contributed by atoms with Crippen molar-refractivity contribution in [1.82, 2.24) is 18.3 Å². The van der Waals surface area contributed by atoms with Gasteiger partial charge in [0.15, 0.2) is 0 Å². The lowest BCUT2D eigenvalue weighted by Crippen LogP contribution is -1.98. The number of non-ortho nitro benzene ring substituents is 3. The molecule has 428 valence electrons. The zero-order chi connectivity index (χ0) is 57.9. The molecule has 0 aliphatic rings. The van der Waals surface area contributed by atoms with E-state index < -0.39 is 11.6 Å². The number of nitro benzene ring substituents is 3. The van der Waals surface area contributed by atoms with E-state index in [1.165, 1.54) is 17.7 Å². The fourth-order valence-electron chi connectivity index (χ4n) is 7.37. The second kappa shape index (κ2) is 37.6. The van der Waals surface area contributed by atoms with Crippen LogP contribution in [0.4, 0.5) is 25.8 Å². The van der Waals surface area contributed by atoms with Gasteiger partial charge in [0.2, 0.25) is 0 Å². The molecule has 4 heterocycles. The van der Waals surface area contributed by atoms with Crippen molar-refractivity contribution in [3.63, 3.8) is 0 Å². The molecule has 8 aromatic rings. The van der Waals surface area contributed by atoms with Crippen molar-refractivity contribution in [2.24, 2.45) is 0 Å². The molecule has 4 aromatic heterocycles. The normalized spacial score (nSPS) is 9.91. The molecule has 8 rings (SSSR count). The van der Waals surface area contributed by atoms with Gasteiger partial charge in [0.1, 0.15) is 11.6 Å². The Morgan fingerprint density at radius 3 is 1.42 bits per heavy atom. The molecule has 15 heteroatoms. The lowest BCUT2D eigenvalue weighted by molar-refractivity contribution is -0.384. The molecule has 0 aliphatic carbocycles. The number of aromatic nitrogens is 4. The fraction of sp³-hybridized carbons (Fsp3) is 0.452. The van der Waals surface area contributed by atoms with Crippen LogP contribution in [0.3, 0.4) is 0 Å². The van der Waals surface area contributed by atoms with Crippen molar-refractivity contribution in [2.75, 3.05) is 0 Å². The Bertz CT molecular complexity index is 2930. The van der Waals surface area contributed by atoms with Gasteiger partial charge in [-0.05, 0) is 140 Å². The van der Waals surface area contributed by atoms with Crippen molar-refractivity contribution in [2.45, 2.75) is 190 Å². The molecule has 13 nitrogen and oxygen atoms in total. The van der Waals surface area contributed by atoms with Crippen LogP contribution >= 0.6 is 0 Å². The van der Waals surface area contributed by atoms with E-state index >= 15 is 0 Å². The number of rotatable bonds is 9. The van der Waals surface area contributed by atoms with Gasteiger partial charge in [-0.1, -0.05) is 97.1 Å². The molecule has 0 fully saturated rings. The first kappa shape index (κ1) is 74.1. The zero-order valence-electron chi connectivity index (χ0n) is 48.5. The van der Waals surface area contributed by atoms with Crippen LogP contribution in [0, 0.1) is 48.9 Å². The topological polar surface area (TPSA) is 149 Å². The lowest BCUT2D eigenvalue weighted by atomic mass is 9.99. The average molecular weight is 1070 g/mol. The van der Waals surface area contributed by atoms with Crippen molar-refractivity contribution < 1.29 is 23.6 Å². The smallest absolute Gasteiger partial charge is 0.278 e. The van der Waals surface area contributed by atoms with E-state index in [9.17, 15) is 39.1 Å². The molecule has 0 amide bonds. The molecule has 0 atom stereocenters. The minimum absolute atomic E-state index is 0. The van der Waals surface area contributed by atoms with E-state index in [-0.39, 0.29) is 52.6 Å². The van der Waals surface area contributed by atoms with E-state index in [0.717, 1.165) is 33.4 Å². The van der Waals surface area contributed by atoms with Crippen LogP contribution in [-0.4, -0.2) is 33.0 Å². The molecule has 0 radical (unpaired) electrons. The second-order valence-corrected chi connectivity index (χ2v) is 17.6. The van der Waals surface area contributed by atoms with Gasteiger partial charge >= 0.3 is 0 Å². The first-order chi connectivity index (χ1) is 35.5. The van der Waals surface area contributed by atoms with E-state index in [1.54, 1.807) is 48.5 Å². The third-order valence-electron chi connectivity index (χ3n) is 11.1. The monoisotopic (exact) mass is 1070 g/mol. The molecular weight excluding hydrogens is 977 g/mol. The highest BCUT2D eigenvalue weighted by molar-refractivity contribution is 5.89. The Morgan fingerprint density at radius 1 is 0.494 bits per heavy atom. The molecule has 77 heavy (non-hydrogen) atoms. The summed E-state index contributed by atoms with van der Waals surface area (Å²) < 4.78 is 34.6. The van der Waals surface area contributed by atoms with E-state index in [4.69, 9.17) is 0 Å². The number of benzene rings is 4. The van der Waals surface area contributed by atoms with Crippen LogP contribution in [0.1, 0.15) is 193 Å². The van der Waals surface area contributed by atoms with Gasteiger partial charge in [-0.15, -0.1) is 0 Å². The summed E-state index contributed by atoms with van der Waals surface area (Å²) in [7, 11) is 0. The van der Waals surface area contributed by atoms with Gasteiger partial charge < -0.3 is 18.3 Å². The summed E-state index contributed by atoms with van der Waals surface area (Å²) in [6.07, 6.45) is 10.7. The highest BCUT2D eigenvalue weighted by Crippen LogP contribution is 2.29. The first-order valence-electron chi connectivity index (χ1n) is 26.4. The maximum atomic E-state index is 13.2. The average Bonchev–Trinajstić information content (AvgIpc) is 4.23. The third-order valence-corrected chi connectivity index (χ3v) is 11.1. The van der Waals surface area contributed by atoms with Gasteiger partial charge in [-0.2, -0.15) is 0 Å². The summed E-state index contributed by atoms with van der Waals surface area (Å²) in [6, 6.07) is 27.0. The maximum absolute atomic E-state index is 13.2. The van der Waals surface area contributed by atoms with Gasteiger partial charge in [-0.3, -0.25) is 30.3 Å². The first-order valence-corrected chi connectivity index (χ1v) is 26.4. The number of aryl methyl sites for hydroxylation is 2. The quantitative estimate of drug-likeness (QED) is 0.104. The van der Waals surface area contributed by atoms with Crippen molar-refractivity contribution in [3.8, 4) is 0 Å². The molecule has 0 spiro atoms. The van der Waals surface area contributed by atoms with E-state index in [1.807, 2.05) is 122 Å². The summed E-state index contributed by atoms with van der Waals surface area (Å²) in [4.78, 5) is 30.9. The van der Waals surface area contributed by atoms with Crippen LogP contribution in [0.5, 0.6) is 0 Å². The number of nitrogens with zero attached hydrogens (tertiary/aromatic N) is 7. The highest BCUT2D eigenvalue weighted by Gasteiger charge is 2.15. The Morgan fingerprint density at radius 2 is 0.974 bits per heavy atom. The minimum atomic E-state index is -0.440. The SMILES string of the molecule is C.C.CC.CC.CC.CC.CC(C)n1ccc2c([N+](=O)[O-])cccc21.CC(C)n1ccc2cc([N+](=O)[O-])ccc21.CC(C)n1ccc2ccc([N+](=O)[O-])cc21.CCc1cc(C(C)C)c(F)cc1F.Cc1ccn(C(C)C)c1. The maximum Gasteiger partial charge on any atom is 0.278 e. The third kappa shape index (κ3) is 21.8. The summed E-state index contributed by atoms with van der Waals surface area (Å²) in [6.45, 7) is 40.5. The van der Waals surface area contributed by atoms with Crippen molar-refractivity contribution in [3.05, 3.63) is 181 Å². The standard InChI is InChI=1S/C11H14F2.3C11H12N2O2.C8H13N.4C2H6.2CH4/c1-4-8-5-9(7(2)3)11(13)6-10(8)12;1-8(2)12-6-5-9-7-10(13(14)15)3-4-11(9)12;1-8(2)12-6-5-9-3-4-10(13(14)15)7-11(9)12;1-8(2)12-7-6-9-10(12)4-3-5-11(9)13(14)15;1-7(2)9-5-4-8(3)6-9;4*1-2;;/h5-7H,4H2,1-3H3;3*3-8H,1-2H3;4-7H,1-3H3;4*1-2H3;2*1H4. The number of fused-ring (bicyclic) bond motifs is 3. The van der Waals surface area contributed by atoms with Gasteiger partial charge in [0.05, 0.1) is 31.2 Å². The van der Waals surface area contributed by atoms with Gasteiger partial charge in [-0.25, -0.2) is 8.78 Å². The number of halogens is 2. The molecule has 0 saturated heterocycles. The highest BCUT2D eigenvalue weighted by atomic mass is 19.1. The lowest BCUT2D eigenvalue weighted by Gasteiger charge is -2.09.